The van der Waals surface area contributed by atoms with E-state index in [0.29, 0.717) is 11.4 Å². The number of rotatable bonds is 3. The molecule has 0 atom stereocenters. The first-order valence-electron chi connectivity index (χ1n) is 3.12. The third-order valence-electron chi connectivity index (χ3n) is 1.21. The second-order valence-electron chi connectivity index (χ2n) is 2.22. The van der Waals surface area contributed by atoms with Crippen LogP contribution in [0.15, 0.2) is 11.4 Å². The predicted octanol–water partition coefficient (Wildman–Crippen LogP) is 2.51. The zero-order chi connectivity index (χ0) is 9.19. The van der Waals surface area contributed by atoms with Crippen LogP contribution in [-0.4, -0.2) is 14.2 Å². The fourth-order valence-corrected chi connectivity index (χ4v) is 2.61. The monoisotopic (exact) mass is 244 g/mol. The summed E-state index contributed by atoms with van der Waals surface area (Å²) < 4.78 is 21.1. The Morgan fingerprint density at radius 2 is 2.17 bits per heavy atom. The van der Waals surface area contributed by atoms with Crippen molar-refractivity contribution in [2.24, 2.45) is 0 Å². The van der Waals surface area contributed by atoms with Gasteiger partial charge in [0.25, 0.3) is 0 Å². The molecule has 0 spiro atoms. The molecular formula is C6H6Cl2O2S2. The number of thiophene rings is 1. The van der Waals surface area contributed by atoms with Crippen LogP contribution in [-0.2, 0) is 15.5 Å². The molecule has 0 aliphatic heterocycles. The molecule has 1 aromatic heterocycles. The quantitative estimate of drug-likeness (QED) is 0.767. The second kappa shape index (κ2) is 3.96. The zero-order valence-corrected chi connectivity index (χ0v) is 9.10. The van der Waals surface area contributed by atoms with E-state index < -0.39 is 9.05 Å². The summed E-state index contributed by atoms with van der Waals surface area (Å²) in [5.41, 5.74) is 0. The SMILES string of the molecule is O=S(=O)(Cl)CCc1cc(Cl)cs1. The molecule has 68 valence electrons. The van der Waals surface area contributed by atoms with Crippen molar-refractivity contribution in [1.82, 2.24) is 0 Å². The van der Waals surface area contributed by atoms with Gasteiger partial charge >= 0.3 is 0 Å². The van der Waals surface area contributed by atoms with Crippen LogP contribution in [0, 0.1) is 0 Å². The maximum absolute atomic E-state index is 10.5. The fraction of sp³-hybridized carbons (Fsp3) is 0.333. The van der Waals surface area contributed by atoms with Crippen LogP contribution in [0.5, 0.6) is 0 Å². The van der Waals surface area contributed by atoms with Crippen molar-refractivity contribution in [3.8, 4) is 0 Å². The zero-order valence-electron chi connectivity index (χ0n) is 5.96. The predicted molar refractivity (Wildman–Crippen MR) is 52.7 cm³/mol. The number of aryl methyl sites for hydroxylation is 1. The molecule has 0 unspecified atom stereocenters. The van der Waals surface area contributed by atoms with Gasteiger partial charge in [-0.2, -0.15) is 0 Å². The van der Waals surface area contributed by atoms with Crippen molar-refractivity contribution in [2.45, 2.75) is 6.42 Å². The summed E-state index contributed by atoms with van der Waals surface area (Å²) in [6.45, 7) is 0. The molecule has 0 saturated heterocycles. The molecule has 1 aromatic rings. The van der Waals surface area contributed by atoms with Crippen molar-refractivity contribution < 1.29 is 8.42 Å². The van der Waals surface area contributed by atoms with Gasteiger partial charge in [0.05, 0.1) is 10.8 Å². The van der Waals surface area contributed by atoms with Crippen LogP contribution in [0.2, 0.25) is 5.02 Å². The molecule has 0 saturated carbocycles. The highest BCUT2D eigenvalue weighted by Crippen LogP contribution is 2.20. The summed E-state index contributed by atoms with van der Waals surface area (Å²) in [7, 11) is 1.66. The van der Waals surface area contributed by atoms with Gasteiger partial charge in [-0.05, 0) is 12.5 Å². The summed E-state index contributed by atoms with van der Waals surface area (Å²) in [4.78, 5) is 0.934. The van der Waals surface area contributed by atoms with Crippen molar-refractivity contribution in [3.63, 3.8) is 0 Å². The molecule has 0 aliphatic carbocycles. The van der Waals surface area contributed by atoms with Crippen LogP contribution in [0.3, 0.4) is 0 Å². The number of hydrogen-bond acceptors (Lipinski definition) is 3. The topological polar surface area (TPSA) is 34.1 Å². The minimum atomic E-state index is -3.38. The van der Waals surface area contributed by atoms with Gasteiger partial charge in [-0.25, -0.2) is 8.42 Å². The maximum Gasteiger partial charge on any atom is 0.232 e. The minimum absolute atomic E-state index is 0.0363. The van der Waals surface area contributed by atoms with Gasteiger partial charge in [-0.3, -0.25) is 0 Å². The summed E-state index contributed by atoms with van der Waals surface area (Å²) in [5.74, 6) is -0.0363. The Kier molecular flexibility index (Phi) is 3.40. The number of hydrogen-bond donors (Lipinski definition) is 0. The van der Waals surface area contributed by atoms with Gasteiger partial charge in [0.1, 0.15) is 0 Å². The molecule has 0 amide bonds. The van der Waals surface area contributed by atoms with E-state index in [4.69, 9.17) is 22.3 Å². The Balaban J connectivity index is 2.55. The van der Waals surface area contributed by atoms with Crippen LogP contribution >= 0.6 is 33.6 Å². The van der Waals surface area contributed by atoms with E-state index in [0.717, 1.165) is 4.88 Å². The molecule has 2 nitrogen and oxygen atoms in total. The normalized spacial score (nSPS) is 11.8. The van der Waals surface area contributed by atoms with Crippen LogP contribution < -0.4 is 0 Å². The Bertz CT molecular complexity index is 355. The molecule has 6 heteroatoms. The summed E-state index contributed by atoms with van der Waals surface area (Å²) >= 11 is 7.07. The summed E-state index contributed by atoms with van der Waals surface area (Å²) in [6.07, 6.45) is 0.434. The lowest BCUT2D eigenvalue weighted by atomic mass is 10.4. The second-order valence-corrected chi connectivity index (χ2v) is 6.55. The van der Waals surface area contributed by atoms with Gasteiger partial charge in [0, 0.05) is 20.9 Å². The first-order valence-corrected chi connectivity index (χ1v) is 6.86. The summed E-state index contributed by atoms with van der Waals surface area (Å²) in [5, 5.41) is 2.40. The van der Waals surface area contributed by atoms with Gasteiger partial charge in [-0.15, -0.1) is 11.3 Å². The van der Waals surface area contributed by atoms with E-state index >= 15 is 0 Å². The molecule has 0 aliphatic rings. The highest BCUT2D eigenvalue weighted by Gasteiger charge is 2.06. The van der Waals surface area contributed by atoms with Gasteiger partial charge in [0.2, 0.25) is 9.05 Å². The molecule has 0 N–H and O–H groups in total. The molecule has 1 rings (SSSR count). The molecular weight excluding hydrogens is 239 g/mol. The molecule has 0 fully saturated rings. The van der Waals surface area contributed by atoms with Gasteiger partial charge in [0.15, 0.2) is 0 Å². The lowest BCUT2D eigenvalue weighted by Gasteiger charge is -1.91. The number of halogens is 2. The molecule has 0 aromatic carbocycles. The van der Waals surface area contributed by atoms with Crippen LogP contribution in [0.4, 0.5) is 0 Å². The smallest absolute Gasteiger partial charge is 0.212 e. The lowest BCUT2D eigenvalue weighted by molar-refractivity contribution is 0.609. The average molecular weight is 245 g/mol. The van der Waals surface area contributed by atoms with E-state index in [1.807, 2.05) is 0 Å². The first-order chi connectivity index (χ1) is 5.47. The lowest BCUT2D eigenvalue weighted by Crippen LogP contribution is -1.99. The maximum atomic E-state index is 10.5. The standard InChI is InChI=1S/C6H6Cl2O2S2/c7-5-3-6(11-4-5)1-2-12(8,9)10/h3-4H,1-2H2. The highest BCUT2D eigenvalue weighted by atomic mass is 35.7. The van der Waals surface area contributed by atoms with Gasteiger partial charge < -0.3 is 0 Å². The van der Waals surface area contributed by atoms with E-state index in [1.165, 1.54) is 11.3 Å². The van der Waals surface area contributed by atoms with Crippen LogP contribution in [0.1, 0.15) is 4.88 Å². The van der Waals surface area contributed by atoms with Crippen molar-refractivity contribution in [2.75, 3.05) is 5.75 Å². The van der Waals surface area contributed by atoms with Gasteiger partial charge in [-0.1, -0.05) is 11.6 Å². The van der Waals surface area contributed by atoms with E-state index in [-0.39, 0.29) is 5.75 Å². The van der Waals surface area contributed by atoms with E-state index in [2.05, 4.69) is 0 Å². The summed E-state index contributed by atoms with van der Waals surface area (Å²) in [6, 6.07) is 1.74. The van der Waals surface area contributed by atoms with E-state index in [1.54, 1.807) is 11.4 Å². The largest absolute Gasteiger partial charge is 0.232 e. The highest BCUT2D eigenvalue weighted by molar-refractivity contribution is 8.13. The van der Waals surface area contributed by atoms with Crippen molar-refractivity contribution in [3.05, 3.63) is 21.3 Å². The molecule has 0 bridgehead atoms. The Morgan fingerprint density at radius 1 is 1.50 bits per heavy atom. The van der Waals surface area contributed by atoms with Crippen molar-refractivity contribution >= 4 is 42.7 Å². The van der Waals surface area contributed by atoms with E-state index in [9.17, 15) is 8.42 Å². The third kappa shape index (κ3) is 3.76. The van der Waals surface area contributed by atoms with Crippen molar-refractivity contribution in [1.29, 1.82) is 0 Å². The third-order valence-corrected chi connectivity index (χ3v) is 3.71. The molecule has 1 heterocycles. The fourth-order valence-electron chi connectivity index (χ4n) is 0.707. The van der Waals surface area contributed by atoms with Crippen LogP contribution in [0.25, 0.3) is 0 Å². The Hall–Kier alpha value is 0.230. The molecule has 12 heavy (non-hydrogen) atoms. The Morgan fingerprint density at radius 3 is 2.58 bits per heavy atom. The molecule has 0 radical (unpaired) electrons. The average Bonchev–Trinajstić information content (AvgIpc) is 2.30. The minimum Gasteiger partial charge on any atom is -0.212 e. The Labute approximate surface area is 84.5 Å². The first kappa shape index (κ1) is 10.3.